The summed E-state index contributed by atoms with van der Waals surface area (Å²) in [6.45, 7) is 2.26. The van der Waals surface area contributed by atoms with Gasteiger partial charge >= 0.3 is 5.97 Å². The molecule has 0 saturated heterocycles. The molecule has 0 radical (unpaired) electrons. The molecule has 154 valence electrons. The van der Waals surface area contributed by atoms with Crippen molar-refractivity contribution in [1.82, 2.24) is 25.4 Å². The zero-order chi connectivity index (χ0) is 21.8. The maximum atomic E-state index is 11.5. The highest BCUT2D eigenvalue weighted by atomic mass is 16.5. The smallest absolute Gasteiger partial charge is 0.373 e. The second-order valence-corrected chi connectivity index (χ2v) is 6.59. The summed E-state index contributed by atoms with van der Waals surface area (Å²) in [6, 6.07) is 12.5. The number of nitrogens with zero attached hydrogens (tertiary/aromatic N) is 5. The van der Waals surface area contributed by atoms with Crippen molar-refractivity contribution < 1.29 is 13.9 Å². The number of nitriles is 1. The Morgan fingerprint density at radius 2 is 2.16 bits per heavy atom. The van der Waals surface area contributed by atoms with Gasteiger partial charge in [0.15, 0.2) is 5.76 Å². The van der Waals surface area contributed by atoms with E-state index in [0.717, 1.165) is 11.1 Å². The molecule has 1 aromatic carbocycles. The SMILES string of the molecule is COC(=O)c1ccc(-c2cc(CNc3nncc(-c4ccc(C#N)cc4C)n3)n[nH]2)o1. The maximum absolute atomic E-state index is 11.5. The van der Waals surface area contributed by atoms with Gasteiger partial charge in [-0.05, 0) is 42.8 Å². The maximum Gasteiger partial charge on any atom is 0.373 e. The van der Waals surface area contributed by atoms with Gasteiger partial charge in [-0.15, -0.1) is 5.10 Å². The molecule has 0 aliphatic rings. The van der Waals surface area contributed by atoms with E-state index in [2.05, 4.69) is 41.5 Å². The molecular formula is C21H17N7O3. The third-order valence-corrected chi connectivity index (χ3v) is 4.51. The summed E-state index contributed by atoms with van der Waals surface area (Å²) in [7, 11) is 1.29. The first-order valence-corrected chi connectivity index (χ1v) is 9.25. The number of rotatable bonds is 6. The molecule has 4 aromatic rings. The van der Waals surface area contributed by atoms with Gasteiger partial charge in [-0.2, -0.15) is 15.5 Å². The normalized spacial score (nSPS) is 10.5. The first-order valence-electron chi connectivity index (χ1n) is 9.25. The van der Waals surface area contributed by atoms with E-state index in [4.69, 9.17) is 9.68 Å². The lowest BCUT2D eigenvalue weighted by atomic mass is 10.0. The highest BCUT2D eigenvalue weighted by Crippen LogP contribution is 2.23. The lowest BCUT2D eigenvalue weighted by molar-refractivity contribution is 0.0566. The topological polar surface area (TPSA) is 143 Å². The number of hydrogen-bond donors (Lipinski definition) is 2. The Hall–Kier alpha value is -4.52. The van der Waals surface area contributed by atoms with Gasteiger partial charge in [-0.25, -0.2) is 9.78 Å². The number of nitrogens with one attached hydrogen (secondary N) is 2. The van der Waals surface area contributed by atoms with Crippen LogP contribution >= 0.6 is 0 Å². The van der Waals surface area contributed by atoms with Crippen molar-refractivity contribution in [2.75, 3.05) is 12.4 Å². The predicted molar refractivity (Wildman–Crippen MR) is 110 cm³/mol. The molecule has 31 heavy (non-hydrogen) atoms. The number of aryl methyl sites for hydroxylation is 1. The number of aromatic nitrogens is 5. The van der Waals surface area contributed by atoms with Crippen molar-refractivity contribution in [3.63, 3.8) is 0 Å². The minimum atomic E-state index is -0.547. The molecule has 0 amide bonds. The zero-order valence-corrected chi connectivity index (χ0v) is 16.7. The number of methoxy groups -OCH3 is 1. The minimum Gasteiger partial charge on any atom is -0.463 e. The first-order chi connectivity index (χ1) is 15.1. The Morgan fingerprint density at radius 3 is 2.94 bits per heavy atom. The number of H-pyrrole nitrogens is 1. The molecule has 10 nitrogen and oxygen atoms in total. The Labute approximate surface area is 176 Å². The molecule has 0 atom stereocenters. The van der Waals surface area contributed by atoms with Gasteiger partial charge in [0.2, 0.25) is 11.7 Å². The number of ether oxygens (including phenoxy) is 1. The second kappa shape index (κ2) is 8.46. The molecule has 0 unspecified atom stereocenters. The van der Waals surface area contributed by atoms with Crippen molar-refractivity contribution >= 4 is 11.9 Å². The molecule has 3 heterocycles. The molecule has 0 fully saturated rings. The zero-order valence-electron chi connectivity index (χ0n) is 16.7. The van der Waals surface area contributed by atoms with Crippen LogP contribution < -0.4 is 5.32 Å². The Bertz CT molecular complexity index is 1290. The Kier molecular flexibility index (Phi) is 5.40. The molecule has 2 N–H and O–H groups in total. The number of esters is 1. The van der Waals surface area contributed by atoms with Crippen LogP contribution in [0.2, 0.25) is 0 Å². The van der Waals surface area contributed by atoms with Crippen molar-refractivity contribution in [3.05, 3.63) is 65.2 Å². The van der Waals surface area contributed by atoms with E-state index in [1.807, 2.05) is 13.0 Å². The van der Waals surface area contributed by atoms with Crippen LogP contribution in [-0.2, 0) is 11.3 Å². The second-order valence-electron chi connectivity index (χ2n) is 6.59. The molecular weight excluding hydrogens is 398 g/mol. The third kappa shape index (κ3) is 4.25. The first kappa shape index (κ1) is 19.8. The van der Waals surface area contributed by atoms with Crippen LogP contribution in [0.5, 0.6) is 0 Å². The van der Waals surface area contributed by atoms with Crippen LogP contribution in [-0.4, -0.2) is 38.5 Å². The molecule has 10 heteroatoms. The Morgan fingerprint density at radius 1 is 1.29 bits per heavy atom. The van der Waals surface area contributed by atoms with Crippen LogP contribution in [0.4, 0.5) is 5.95 Å². The van der Waals surface area contributed by atoms with Crippen molar-refractivity contribution in [3.8, 4) is 28.8 Å². The number of carbonyl (C=O) groups is 1. The number of hydrogen-bond acceptors (Lipinski definition) is 9. The fourth-order valence-corrected chi connectivity index (χ4v) is 2.97. The largest absolute Gasteiger partial charge is 0.463 e. The molecule has 0 saturated carbocycles. The lowest BCUT2D eigenvalue weighted by Crippen LogP contribution is -2.05. The molecule has 0 aliphatic heterocycles. The number of carbonyl (C=O) groups excluding carboxylic acids is 1. The number of furan rings is 1. The van der Waals surface area contributed by atoms with Crippen LogP contribution in [0.1, 0.15) is 27.4 Å². The van der Waals surface area contributed by atoms with Gasteiger partial charge in [0.05, 0.1) is 42.9 Å². The summed E-state index contributed by atoms with van der Waals surface area (Å²) < 4.78 is 10.1. The monoisotopic (exact) mass is 415 g/mol. The van der Waals surface area contributed by atoms with Gasteiger partial charge in [-0.1, -0.05) is 6.07 Å². The van der Waals surface area contributed by atoms with E-state index < -0.39 is 5.97 Å². The van der Waals surface area contributed by atoms with E-state index in [1.165, 1.54) is 13.2 Å². The summed E-state index contributed by atoms with van der Waals surface area (Å²) >= 11 is 0. The fraction of sp³-hybridized carbons (Fsp3) is 0.143. The summed E-state index contributed by atoms with van der Waals surface area (Å²) in [5.74, 6) is 0.378. The van der Waals surface area contributed by atoms with Crippen LogP contribution in [0, 0.1) is 18.3 Å². The minimum absolute atomic E-state index is 0.112. The van der Waals surface area contributed by atoms with Crippen LogP contribution in [0.15, 0.2) is 47.0 Å². The average molecular weight is 415 g/mol. The van der Waals surface area contributed by atoms with Crippen molar-refractivity contribution in [2.45, 2.75) is 13.5 Å². The van der Waals surface area contributed by atoms with E-state index in [0.29, 0.717) is 40.9 Å². The lowest BCUT2D eigenvalue weighted by Gasteiger charge is -2.07. The third-order valence-electron chi connectivity index (χ3n) is 4.51. The molecule has 4 rings (SSSR count). The summed E-state index contributed by atoms with van der Waals surface area (Å²) in [4.78, 5) is 16.0. The number of aromatic amines is 1. The number of benzene rings is 1. The van der Waals surface area contributed by atoms with Gasteiger partial charge < -0.3 is 14.5 Å². The predicted octanol–water partition coefficient (Wildman–Crippen LogP) is 3.10. The van der Waals surface area contributed by atoms with E-state index >= 15 is 0 Å². The molecule has 0 spiro atoms. The van der Waals surface area contributed by atoms with Crippen LogP contribution in [0.3, 0.4) is 0 Å². The molecule has 0 aliphatic carbocycles. The van der Waals surface area contributed by atoms with E-state index in [1.54, 1.807) is 30.5 Å². The van der Waals surface area contributed by atoms with Gasteiger partial charge in [0.25, 0.3) is 0 Å². The van der Waals surface area contributed by atoms with Gasteiger partial charge in [0.1, 0.15) is 5.69 Å². The van der Waals surface area contributed by atoms with Crippen molar-refractivity contribution in [1.29, 1.82) is 5.26 Å². The summed E-state index contributed by atoms with van der Waals surface area (Å²) in [5, 5.41) is 27.2. The summed E-state index contributed by atoms with van der Waals surface area (Å²) in [6.07, 6.45) is 1.57. The fourth-order valence-electron chi connectivity index (χ4n) is 2.97. The average Bonchev–Trinajstić information content (AvgIpc) is 3.47. The highest BCUT2D eigenvalue weighted by molar-refractivity contribution is 5.86. The standard InChI is InChI=1S/C21H17N7O3/c1-12-7-13(9-22)3-4-15(12)17-11-24-28-21(25-17)23-10-14-8-16(27-26-14)18-5-6-19(31-18)20(29)30-2/h3-8,11H,10H2,1-2H3,(H,26,27)(H,23,25,28). The number of anilines is 1. The Balaban J connectivity index is 1.46. The quantitative estimate of drug-likeness (QED) is 0.454. The highest BCUT2D eigenvalue weighted by Gasteiger charge is 2.14. The van der Waals surface area contributed by atoms with Crippen LogP contribution in [0.25, 0.3) is 22.7 Å². The molecule has 3 aromatic heterocycles. The molecule has 0 bridgehead atoms. The van der Waals surface area contributed by atoms with Crippen molar-refractivity contribution in [2.24, 2.45) is 0 Å². The van der Waals surface area contributed by atoms with Gasteiger partial charge in [0, 0.05) is 5.56 Å². The summed E-state index contributed by atoms with van der Waals surface area (Å²) in [5.41, 5.74) is 4.34. The van der Waals surface area contributed by atoms with E-state index in [-0.39, 0.29) is 5.76 Å². The van der Waals surface area contributed by atoms with Gasteiger partial charge in [-0.3, -0.25) is 5.10 Å². The van der Waals surface area contributed by atoms with E-state index in [9.17, 15) is 4.79 Å².